The second kappa shape index (κ2) is 5.52. The van der Waals surface area contributed by atoms with Gasteiger partial charge in [0.1, 0.15) is 17.2 Å². The molecule has 2 aromatic carbocycles. The van der Waals surface area contributed by atoms with Gasteiger partial charge in [0, 0.05) is 17.8 Å². The zero-order valence-electron chi connectivity index (χ0n) is 12.3. The quantitative estimate of drug-likeness (QED) is 0.798. The van der Waals surface area contributed by atoms with Crippen LogP contribution in [0.1, 0.15) is 28.4 Å². The van der Waals surface area contributed by atoms with Crippen molar-refractivity contribution in [3.63, 3.8) is 0 Å². The van der Waals surface area contributed by atoms with Crippen LogP contribution in [0.4, 0.5) is 5.69 Å². The summed E-state index contributed by atoms with van der Waals surface area (Å²) >= 11 is 0. The fraction of sp³-hybridized carbons (Fsp3) is 0.176. The molecular formula is C17H15NO4. The molecule has 0 bridgehead atoms. The van der Waals surface area contributed by atoms with Gasteiger partial charge in [0.05, 0.1) is 12.7 Å². The van der Waals surface area contributed by atoms with Gasteiger partial charge in [-0.2, -0.15) is 0 Å². The molecule has 0 spiro atoms. The van der Waals surface area contributed by atoms with Gasteiger partial charge < -0.3 is 14.6 Å². The first kappa shape index (κ1) is 14.1. The van der Waals surface area contributed by atoms with E-state index in [-0.39, 0.29) is 5.56 Å². The third kappa shape index (κ3) is 2.30. The summed E-state index contributed by atoms with van der Waals surface area (Å²) in [6, 6.07) is 8.74. The molecule has 0 amide bonds. The second-order valence-corrected chi connectivity index (χ2v) is 4.87. The molecule has 1 heterocycles. The maximum Gasteiger partial charge on any atom is 0.338 e. The molecule has 0 aliphatic carbocycles. The van der Waals surface area contributed by atoms with Crippen LogP contribution in [0, 0.1) is 0 Å². The van der Waals surface area contributed by atoms with Crippen LogP contribution in [0.2, 0.25) is 0 Å². The Morgan fingerprint density at radius 3 is 2.82 bits per heavy atom. The van der Waals surface area contributed by atoms with E-state index in [1.807, 2.05) is 19.1 Å². The van der Waals surface area contributed by atoms with Crippen LogP contribution in [0.25, 0.3) is 0 Å². The number of nitrogens with zero attached hydrogens (tertiary/aromatic N) is 1. The molecule has 22 heavy (non-hydrogen) atoms. The van der Waals surface area contributed by atoms with Gasteiger partial charge in [0.2, 0.25) is 0 Å². The number of carboxylic acids is 1. The summed E-state index contributed by atoms with van der Waals surface area (Å²) in [6.45, 7) is 1.99. The molecular weight excluding hydrogens is 282 g/mol. The SMILES string of the molecule is CCc1ccc(C(=O)O)c2c1Oc1cc(OC)ccc1C=N2. The van der Waals surface area contributed by atoms with Crippen LogP contribution in [0.5, 0.6) is 17.2 Å². The van der Waals surface area contributed by atoms with E-state index in [1.165, 1.54) is 0 Å². The standard InChI is InChI=1S/C17H15NO4/c1-3-10-5-7-13(17(19)20)15-16(10)22-14-8-12(21-2)6-4-11(14)9-18-15/h4-9H,3H2,1-2H3,(H,19,20). The van der Waals surface area contributed by atoms with Crippen molar-refractivity contribution in [2.75, 3.05) is 7.11 Å². The fourth-order valence-corrected chi connectivity index (χ4v) is 2.39. The van der Waals surface area contributed by atoms with E-state index in [0.717, 1.165) is 17.5 Å². The summed E-state index contributed by atoms with van der Waals surface area (Å²) in [5.41, 5.74) is 2.16. The number of benzene rings is 2. The first-order valence-corrected chi connectivity index (χ1v) is 6.93. The molecule has 2 aromatic rings. The summed E-state index contributed by atoms with van der Waals surface area (Å²) in [5.74, 6) is 0.732. The summed E-state index contributed by atoms with van der Waals surface area (Å²) in [7, 11) is 1.58. The van der Waals surface area contributed by atoms with E-state index >= 15 is 0 Å². The highest BCUT2D eigenvalue weighted by Crippen LogP contribution is 2.42. The molecule has 0 unspecified atom stereocenters. The third-order valence-electron chi connectivity index (χ3n) is 3.59. The first-order chi connectivity index (χ1) is 10.6. The Labute approximate surface area is 127 Å². The number of aryl methyl sites for hydroxylation is 1. The van der Waals surface area contributed by atoms with Crippen molar-refractivity contribution >= 4 is 17.9 Å². The van der Waals surface area contributed by atoms with Crippen molar-refractivity contribution in [3.05, 3.63) is 47.0 Å². The van der Waals surface area contributed by atoms with E-state index in [9.17, 15) is 9.90 Å². The van der Waals surface area contributed by atoms with Crippen LogP contribution < -0.4 is 9.47 Å². The topological polar surface area (TPSA) is 68.1 Å². The average Bonchev–Trinajstić information content (AvgIpc) is 2.72. The zero-order chi connectivity index (χ0) is 15.7. The normalized spacial score (nSPS) is 11.9. The number of hydrogen-bond acceptors (Lipinski definition) is 4. The second-order valence-electron chi connectivity index (χ2n) is 4.87. The maximum absolute atomic E-state index is 11.4. The molecule has 0 radical (unpaired) electrons. The fourth-order valence-electron chi connectivity index (χ4n) is 2.39. The van der Waals surface area contributed by atoms with E-state index in [2.05, 4.69) is 4.99 Å². The molecule has 0 aromatic heterocycles. The third-order valence-corrected chi connectivity index (χ3v) is 3.59. The highest BCUT2D eigenvalue weighted by Gasteiger charge is 2.21. The molecule has 0 atom stereocenters. The van der Waals surface area contributed by atoms with Gasteiger partial charge in [-0.05, 0) is 30.2 Å². The Bertz CT molecular complexity index is 780. The zero-order valence-corrected chi connectivity index (χ0v) is 12.3. The van der Waals surface area contributed by atoms with E-state index < -0.39 is 5.97 Å². The number of ether oxygens (including phenoxy) is 2. The number of methoxy groups -OCH3 is 1. The van der Waals surface area contributed by atoms with Crippen LogP contribution in [-0.4, -0.2) is 24.4 Å². The molecule has 1 N–H and O–H groups in total. The van der Waals surface area contributed by atoms with E-state index in [4.69, 9.17) is 9.47 Å². The smallest absolute Gasteiger partial charge is 0.338 e. The van der Waals surface area contributed by atoms with Gasteiger partial charge in [-0.15, -0.1) is 0 Å². The summed E-state index contributed by atoms with van der Waals surface area (Å²) in [4.78, 5) is 15.8. The van der Waals surface area contributed by atoms with Crippen LogP contribution in [0.3, 0.4) is 0 Å². The molecule has 3 rings (SSSR count). The van der Waals surface area contributed by atoms with Crippen molar-refractivity contribution in [3.8, 4) is 17.2 Å². The molecule has 1 aliphatic rings. The summed E-state index contributed by atoms with van der Waals surface area (Å²) in [5, 5.41) is 9.35. The van der Waals surface area contributed by atoms with Gasteiger partial charge in [0.15, 0.2) is 5.75 Å². The highest BCUT2D eigenvalue weighted by atomic mass is 16.5. The van der Waals surface area contributed by atoms with Gasteiger partial charge in [-0.3, -0.25) is 4.99 Å². The Balaban J connectivity index is 2.21. The molecule has 1 aliphatic heterocycles. The molecule has 5 heteroatoms. The molecule has 0 fully saturated rings. The number of aromatic carboxylic acids is 1. The van der Waals surface area contributed by atoms with Gasteiger partial charge in [0.25, 0.3) is 0 Å². The van der Waals surface area contributed by atoms with Gasteiger partial charge in [-0.25, -0.2) is 4.79 Å². The minimum atomic E-state index is -1.02. The lowest BCUT2D eigenvalue weighted by Gasteiger charge is -2.14. The number of hydrogen-bond donors (Lipinski definition) is 1. The number of aliphatic imine (C=N–C) groups is 1. The minimum absolute atomic E-state index is 0.128. The first-order valence-electron chi connectivity index (χ1n) is 6.93. The van der Waals surface area contributed by atoms with Crippen LogP contribution in [0.15, 0.2) is 35.3 Å². The van der Waals surface area contributed by atoms with Crippen molar-refractivity contribution in [1.29, 1.82) is 0 Å². The van der Waals surface area contributed by atoms with Gasteiger partial charge in [-0.1, -0.05) is 13.0 Å². The van der Waals surface area contributed by atoms with Gasteiger partial charge >= 0.3 is 5.97 Å². The van der Waals surface area contributed by atoms with Crippen molar-refractivity contribution < 1.29 is 19.4 Å². The maximum atomic E-state index is 11.4. The Morgan fingerprint density at radius 2 is 2.14 bits per heavy atom. The summed E-state index contributed by atoms with van der Waals surface area (Å²) in [6.07, 6.45) is 2.34. The number of rotatable bonds is 3. The molecule has 0 saturated heterocycles. The summed E-state index contributed by atoms with van der Waals surface area (Å²) < 4.78 is 11.2. The predicted octanol–water partition coefficient (Wildman–Crippen LogP) is 3.81. The molecule has 0 saturated carbocycles. The lowest BCUT2D eigenvalue weighted by molar-refractivity contribution is 0.0697. The Morgan fingerprint density at radius 1 is 1.32 bits per heavy atom. The largest absolute Gasteiger partial charge is 0.497 e. The molecule has 5 nitrogen and oxygen atoms in total. The monoisotopic (exact) mass is 297 g/mol. The average molecular weight is 297 g/mol. The van der Waals surface area contributed by atoms with Crippen LogP contribution in [-0.2, 0) is 6.42 Å². The lowest BCUT2D eigenvalue weighted by Crippen LogP contribution is -2.00. The Hall–Kier alpha value is -2.82. The van der Waals surface area contributed by atoms with Crippen molar-refractivity contribution in [1.82, 2.24) is 0 Å². The number of fused-ring (bicyclic) bond motifs is 2. The van der Waals surface area contributed by atoms with E-state index in [1.54, 1.807) is 31.5 Å². The van der Waals surface area contributed by atoms with E-state index in [0.29, 0.717) is 22.9 Å². The predicted molar refractivity (Wildman–Crippen MR) is 83.1 cm³/mol. The highest BCUT2D eigenvalue weighted by molar-refractivity contribution is 5.98. The number of carbonyl (C=O) groups is 1. The van der Waals surface area contributed by atoms with Crippen molar-refractivity contribution in [2.24, 2.45) is 4.99 Å². The molecule has 112 valence electrons. The number of carboxylic acid groups (broad SMARTS) is 1. The Kier molecular flexibility index (Phi) is 3.55. The minimum Gasteiger partial charge on any atom is -0.497 e. The van der Waals surface area contributed by atoms with Crippen LogP contribution >= 0.6 is 0 Å². The lowest BCUT2D eigenvalue weighted by atomic mass is 10.1. The van der Waals surface area contributed by atoms with Crippen molar-refractivity contribution in [2.45, 2.75) is 13.3 Å².